The SMILES string of the molecule is CC(C)(C)c1ccc(OCCOc2ccc(Br)cc2C(=O)O)cc1. The molecule has 0 spiro atoms. The Labute approximate surface area is 150 Å². The van der Waals surface area contributed by atoms with Crippen molar-refractivity contribution in [2.45, 2.75) is 26.2 Å². The fraction of sp³-hybridized carbons (Fsp3) is 0.316. The van der Waals surface area contributed by atoms with Crippen LogP contribution >= 0.6 is 15.9 Å². The highest BCUT2D eigenvalue weighted by molar-refractivity contribution is 9.10. The van der Waals surface area contributed by atoms with Crippen LogP contribution in [0.4, 0.5) is 0 Å². The molecule has 24 heavy (non-hydrogen) atoms. The van der Waals surface area contributed by atoms with Gasteiger partial charge in [-0.15, -0.1) is 0 Å². The molecule has 0 amide bonds. The van der Waals surface area contributed by atoms with Crippen LogP contribution in [-0.2, 0) is 5.41 Å². The zero-order chi connectivity index (χ0) is 17.7. The van der Waals surface area contributed by atoms with E-state index in [0.29, 0.717) is 16.8 Å². The van der Waals surface area contributed by atoms with E-state index in [2.05, 4.69) is 36.7 Å². The first-order valence-corrected chi connectivity index (χ1v) is 8.45. The second-order valence-corrected chi connectivity index (χ2v) is 7.33. The maximum atomic E-state index is 11.2. The quantitative estimate of drug-likeness (QED) is 0.710. The summed E-state index contributed by atoms with van der Waals surface area (Å²) in [6.07, 6.45) is 0. The molecule has 128 valence electrons. The summed E-state index contributed by atoms with van der Waals surface area (Å²) in [4.78, 5) is 11.2. The highest BCUT2D eigenvalue weighted by atomic mass is 79.9. The molecule has 0 aliphatic rings. The maximum absolute atomic E-state index is 11.2. The third-order valence-electron chi connectivity index (χ3n) is 3.50. The highest BCUT2D eigenvalue weighted by Gasteiger charge is 2.13. The topological polar surface area (TPSA) is 55.8 Å². The molecular weight excluding hydrogens is 372 g/mol. The predicted molar refractivity (Wildman–Crippen MR) is 97.2 cm³/mol. The number of benzene rings is 2. The normalized spacial score (nSPS) is 11.2. The molecule has 0 fully saturated rings. The lowest BCUT2D eigenvalue weighted by Gasteiger charge is -2.19. The second kappa shape index (κ2) is 7.71. The first kappa shape index (κ1) is 18.3. The number of halogens is 1. The molecule has 1 N–H and O–H groups in total. The number of hydrogen-bond donors (Lipinski definition) is 1. The average Bonchev–Trinajstić information content (AvgIpc) is 2.52. The van der Waals surface area contributed by atoms with Gasteiger partial charge >= 0.3 is 5.97 Å². The number of carboxylic acid groups (broad SMARTS) is 1. The van der Waals surface area contributed by atoms with Crippen molar-refractivity contribution in [1.82, 2.24) is 0 Å². The van der Waals surface area contributed by atoms with Crippen molar-refractivity contribution < 1.29 is 19.4 Å². The lowest BCUT2D eigenvalue weighted by atomic mass is 9.87. The first-order valence-electron chi connectivity index (χ1n) is 7.66. The Kier molecular flexibility index (Phi) is 5.89. The molecule has 2 aromatic rings. The zero-order valence-corrected chi connectivity index (χ0v) is 15.6. The van der Waals surface area contributed by atoms with Gasteiger partial charge in [0.2, 0.25) is 0 Å². The van der Waals surface area contributed by atoms with Gasteiger partial charge in [0.1, 0.15) is 30.3 Å². The summed E-state index contributed by atoms with van der Waals surface area (Å²) in [5, 5.41) is 9.18. The van der Waals surface area contributed by atoms with E-state index in [-0.39, 0.29) is 17.6 Å². The molecular formula is C19H21BrO4. The molecule has 0 unspecified atom stereocenters. The summed E-state index contributed by atoms with van der Waals surface area (Å²) in [6, 6.07) is 12.9. The summed E-state index contributed by atoms with van der Waals surface area (Å²) < 4.78 is 11.9. The Bertz CT molecular complexity index is 702. The molecule has 0 aromatic heterocycles. The molecule has 4 nitrogen and oxygen atoms in total. The molecule has 0 aliphatic heterocycles. The number of carbonyl (C=O) groups is 1. The first-order chi connectivity index (χ1) is 11.3. The second-order valence-electron chi connectivity index (χ2n) is 6.42. The largest absolute Gasteiger partial charge is 0.490 e. The smallest absolute Gasteiger partial charge is 0.339 e. The Morgan fingerprint density at radius 3 is 2.25 bits per heavy atom. The molecule has 0 saturated carbocycles. The van der Waals surface area contributed by atoms with E-state index in [0.717, 1.165) is 5.75 Å². The molecule has 2 aromatic carbocycles. The van der Waals surface area contributed by atoms with Crippen molar-refractivity contribution >= 4 is 21.9 Å². The fourth-order valence-corrected chi connectivity index (χ4v) is 2.52. The van der Waals surface area contributed by atoms with Crippen LogP contribution in [0, 0.1) is 0 Å². The van der Waals surface area contributed by atoms with Gasteiger partial charge in [-0.3, -0.25) is 0 Å². The van der Waals surface area contributed by atoms with Crippen molar-refractivity contribution in [2.75, 3.05) is 13.2 Å². The molecule has 0 radical (unpaired) electrons. The summed E-state index contributed by atoms with van der Waals surface area (Å²) in [7, 11) is 0. The van der Waals surface area contributed by atoms with Crippen LogP contribution < -0.4 is 9.47 Å². The van der Waals surface area contributed by atoms with E-state index in [1.165, 1.54) is 11.6 Å². The summed E-state index contributed by atoms with van der Waals surface area (Å²) in [5.74, 6) is 0.0724. The van der Waals surface area contributed by atoms with Crippen LogP contribution in [0.3, 0.4) is 0 Å². The van der Waals surface area contributed by atoms with E-state index in [9.17, 15) is 9.90 Å². The molecule has 0 saturated heterocycles. The van der Waals surface area contributed by atoms with Crippen molar-refractivity contribution in [3.63, 3.8) is 0 Å². The Morgan fingerprint density at radius 2 is 1.67 bits per heavy atom. The molecule has 2 rings (SSSR count). The van der Waals surface area contributed by atoms with Crippen molar-refractivity contribution in [2.24, 2.45) is 0 Å². The van der Waals surface area contributed by atoms with Gasteiger partial charge in [-0.1, -0.05) is 48.8 Å². The highest BCUT2D eigenvalue weighted by Crippen LogP contribution is 2.25. The molecule has 0 atom stereocenters. The van der Waals surface area contributed by atoms with Gasteiger partial charge in [0, 0.05) is 4.47 Å². The van der Waals surface area contributed by atoms with E-state index >= 15 is 0 Å². The van der Waals surface area contributed by atoms with E-state index in [1.54, 1.807) is 12.1 Å². The monoisotopic (exact) mass is 392 g/mol. The zero-order valence-electron chi connectivity index (χ0n) is 14.0. The van der Waals surface area contributed by atoms with Crippen LogP contribution in [-0.4, -0.2) is 24.3 Å². The Balaban J connectivity index is 1.88. The van der Waals surface area contributed by atoms with Crippen LogP contribution in [0.1, 0.15) is 36.7 Å². The fourth-order valence-electron chi connectivity index (χ4n) is 2.16. The van der Waals surface area contributed by atoms with Gasteiger partial charge < -0.3 is 14.6 Å². The number of carboxylic acids is 1. The van der Waals surface area contributed by atoms with Gasteiger partial charge in [-0.25, -0.2) is 4.79 Å². The predicted octanol–water partition coefficient (Wildman–Crippen LogP) is 4.90. The number of ether oxygens (including phenoxy) is 2. The molecule has 5 heteroatoms. The van der Waals surface area contributed by atoms with Gasteiger partial charge in [0.25, 0.3) is 0 Å². The van der Waals surface area contributed by atoms with Gasteiger partial charge in [0.05, 0.1) is 0 Å². The third kappa shape index (κ3) is 4.99. The van der Waals surface area contributed by atoms with Crippen molar-refractivity contribution in [1.29, 1.82) is 0 Å². The number of aromatic carboxylic acids is 1. The van der Waals surface area contributed by atoms with Crippen molar-refractivity contribution in [3.05, 3.63) is 58.1 Å². The summed E-state index contributed by atoms with van der Waals surface area (Å²) in [6.45, 7) is 7.09. The van der Waals surface area contributed by atoms with Crippen LogP contribution in [0.5, 0.6) is 11.5 Å². The molecule has 0 heterocycles. The Morgan fingerprint density at radius 1 is 1.04 bits per heavy atom. The minimum absolute atomic E-state index is 0.108. The lowest BCUT2D eigenvalue weighted by Crippen LogP contribution is -2.12. The van der Waals surface area contributed by atoms with Crippen LogP contribution in [0.15, 0.2) is 46.9 Å². The molecule has 0 aliphatic carbocycles. The van der Waals surface area contributed by atoms with Gasteiger partial charge in [-0.2, -0.15) is 0 Å². The van der Waals surface area contributed by atoms with Gasteiger partial charge in [-0.05, 0) is 41.3 Å². The minimum atomic E-state index is -1.02. The standard InChI is InChI=1S/C19H21BrO4/c1-19(2,3)13-4-7-15(8-5-13)23-10-11-24-17-9-6-14(20)12-16(17)18(21)22/h4-9,12H,10-11H2,1-3H3,(H,21,22). The van der Waals surface area contributed by atoms with Gasteiger partial charge in [0.15, 0.2) is 0 Å². The summed E-state index contributed by atoms with van der Waals surface area (Å²) in [5.41, 5.74) is 1.47. The van der Waals surface area contributed by atoms with E-state index in [4.69, 9.17) is 9.47 Å². The van der Waals surface area contributed by atoms with Crippen LogP contribution in [0.25, 0.3) is 0 Å². The lowest BCUT2D eigenvalue weighted by molar-refractivity contribution is 0.0691. The van der Waals surface area contributed by atoms with E-state index < -0.39 is 5.97 Å². The minimum Gasteiger partial charge on any atom is -0.490 e. The van der Waals surface area contributed by atoms with Crippen LogP contribution in [0.2, 0.25) is 0 Å². The summed E-state index contributed by atoms with van der Waals surface area (Å²) >= 11 is 3.25. The Hall–Kier alpha value is -2.01. The van der Waals surface area contributed by atoms with E-state index in [1.807, 2.05) is 24.3 Å². The van der Waals surface area contributed by atoms with Crippen molar-refractivity contribution in [3.8, 4) is 11.5 Å². The third-order valence-corrected chi connectivity index (χ3v) is 4.00. The number of rotatable bonds is 6. The average molecular weight is 393 g/mol. The number of hydrogen-bond acceptors (Lipinski definition) is 3. The molecule has 0 bridgehead atoms. The maximum Gasteiger partial charge on any atom is 0.339 e.